The molecule has 0 saturated carbocycles. The number of carbonyl (C=O) groups excluding carboxylic acids is 1. The lowest BCUT2D eigenvalue weighted by Gasteiger charge is -2.08. The molecule has 0 radical (unpaired) electrons. The summed E-state index contributed by atoms with van der Waals surface area (Å²) in [5, 5.41) is 10.2. The van der Waals surface area contributed by atoms with E-state index in [1.165, 1.54) is 18.6 Å². The zero-order chi connectivity index (χ0) is 27.9. The SMILES string of the molecule is Cc1cn(-c2ccnc3[nH]c(-c4n[nH]c5cnc(-c6cncc(NC(=O)Cc7ccccc7)c6)c(F)c45)nc23)cn1. The van der Waals surface area contributed by atoms with Gasteiger partial charge in [0.25, 0.3) is 0 Å². The number of hydrogen-bond acceptors (Lipinski definition) is 7. The number of aryl methyl sites for hydroxylation is 1. The summed E-state index contributed by atoms with van der Waals surface area (Å²) in [6.45, 7) is 1.90. The minimum absolute atomic E-state index is 0.0654. The number of rotatable bonds is 6. The molecule has 0 saturated heterocycles. The van der Waals surface area contributed by atoms with E-state index < -0.39 is 5.82 Å². The molecule has 0 aliphatic heterocycles. The molecule has 3 N–H and O–H groups in total. The van der Waals surface area contributed by atoms with Crippen LogP contribution < -0.4 is 5.32 Å². The summed E-state index contributed by atoms with van der Waals surface area (Å²) in [4.78, 5) is 37.6. The molecule has 6 heterocycles. The first-order chi connectivity index (χ1) is 20.0. The Balaban J connectivity index is 1.24. The van der Waals surface area contributed by atoms with Crippen molar-refractivity contribution in [3.05, 3.63) is 96.9 Å². The van der Waals surface area contributed by atoms with Gasteiger partial charge in [-0.05, 0) is 24.6 Å². The smallest absolute Gasteiger partial charge is 0.228 e. The van der Waals surface area contributed by atoms with Gasteiger partial charge in [0.15, 0.2) is 17.3 Å². The van der Waals surface area contributed by atoms with Crippen molar-refractivity contribution in [1.29, 1.82) is 0 Å². The average Bonchev–Trinajstić information content (AvgIpc) is 3.72. The number of imidazole rings is 2. The second-order valence-electron chi connectivity index (χ2n) is 9.49. The lowest BCUT2D eigenvalue weighted by Crippen LogP contribution is -2.14. The van der Waals surface area contributed by atoms with Crippen molar-refractivity contribution in [2.75, 3.05) is 5.32 Å². The first kappa shape index (κ1) is 24.3. The van der Waals surface area contributed by atoms with Gasteiger partial charge in [0.05, 0.1) is 53.1 Å². The van der Waals surface area contributed by atoms with E-state index in [9.17, 15) is 4.79 Å². The van der Waals surface area contributed by atoms with E-state index in [-0.39, 0.29) is 29.1 Å². The Morgan fingerprint density at radius 3 is 2.76 bits per heavy atom. The van der Waals surface area contributed by atoms with Gasteiger partial charge in [0.2, 0.25) is 5.91 Å². The van der Waals surface area contributed by atoms with E-state index >= 15 is 4.39 Å². The highest BCUT2D eigenvalue weighted by molar-refractivity contribution is 5.96. The third-order valence-corrected chi connectivity index (χ3v) is 6.62. The summed E-state index contributed by atoms with van der Waals surface area (Å²) in [7, 11) is 0. The molecular weight excluding hydrogens is 523 g/mol. The standard InChI is InChI=1S/C29H21FN10O/c1-16-14-40(15-34-16)21-7-8-32-28-26(21)36-29(37-28)27-23-20(38-39-27)13-33-25(24(23)30)18-10-19(12-31-11-18)35-22(41)9-17-5-3-2-4-6-17/h2-8,10-15H,9H2,1H3,(H,35,41)(H,38,39)(H,32,36,37). The molecule has 1 aromatic carbocycles. The summed E-state index contributed by atoms with van der Waals surface area (Å²) < 4.78 is 18.0. The molecule has 200 valence electrons. The van der Waals surface area contributed by atoms with Crippen LogP contribution in [0.1, 0.15) is 11.3 Å². The van der Waals surface area contributed by atoms with Gasteiger partial charge < -0.3 is 14.9 Å². The molecule has 7 aromatic rings. The molecule has 0 spiro atoms. The van der Waals surface area contributed by atoms with Crippen LogP contribution in [0.5, 0.6) is 0 Å². The monoisotopic (exact) mass is 544 g/mol. The number of aromatic amines is 2. The van der Waals surface area contributed by atoms with Crippen molar-refractivity contribution in [2.45, 2.75) is 13.3 Å². The first-order valence-electron chi connectivity index (χ1n) is 12.7. The van der Waals surface area contributed by atoms with Crippen LogP contribution in [-0.4, -0.2) is 50.6 Å². The third kappa shape index (κ3) is 4.46. The Labute approximate surface area is 231 Å². The quantitative estimate of drug-likeness (QED) is 0.274. The van der Waals surface area contributed by atoms with Gasteiger partial charge in [0, 0.05) is 24.2 Å². The van der Waals surface area contributed by atoms with Gasteiger partial charge in [-0.1, -0.05) is 30.3 Å². The van der Waals surface area contributed by atoms with E-state index in [1.807, 2.05) is 54.1 Å². The van der Waals surface area contributed by atoms with E-state index in [4.69, 9.17) is 4.98 Å². The van der Waals surface area contributed by atoms with E-state index in [0.717, 1.165) is 16.9 Å². The minimum atomic E-state index is -0.598. The Morgan fingerprint density at radius 2 is 1.93 bits per heavy atom. The van der Waals surface area contributed by atoms with Gasteiger partial charge in [-0.25, -0.2) is 19.3 Å². The van der Waals surface area contributed by atoms with Crippen molar-refractivity contribution in [2.24, 2.45) is 0 Å². The van der Waals surface area contributed by atoms with Crippen LogP contribution in [0, 0.1) is 12.7 Å². The van der Waals surface area contributed by atoms with Crippen LogP contribution in [0.15, 0.2) is 79.8 Å². The number of benzene rings is 1. The Bertz CT molecular complexity index is 2060. The number of carbonyl (C=O) groups is 1. The molecule has 0 aliphatic rings. The molecule has 7 rings (SSSR count). The summed E-state index contributed by atoms with van der Waals surface area (Å²) in [6, 6.07) is 12.9. The highest BCUT2D eigenvalue weighted by Gasteiger charge is 2.22. The van der Waals surface area contributed by atoms with Gasteiger partial charge in [-0.2, -0.15) is 5.10 Å². The number of aromatic nitrogens is 9. The Morgan fingerprint density at radius 1 is 1.05 bits per heavy atom. The van der Waals surface area contributed by atoms with Gasteiger partial charge >= 0.3 is 0 Å². The molecule has 0 atom stereocenters. The van der Waals surface area contributed by atoms with E-state index in [1.54, 1.807) is 18.6 Å². The molecule has 1 amide bonds. The number of nitrogens with one attached hydrogen (secondary N) is 3. The number of anilines is 1. The van der Waals surface area contributed by atoms with Crippen LogP contribution in [0.3, 0.4) is 0 Å². The fraction of sp³-hybridized carbons (Fsp3) is 0.0690. The summed E-state index contributed by atoms with van der Waals surface area (Å²) >= 11 is 0. The van der Waals surface area contributed by atoms with Crippen LogP contribution in [-0.2, 0) is 11.2 Å². The maximum absolute atomic E-state index is 16.1. The predicted octanol–water partition coefficient (Wildman–Crippen LogP) is 4.77. The van der Waals surface area contributed by atoms with Crippen molar-refractivity contribution < 1.29 is 9.18 Å². The molecular formula is C29H21FN10O. The molecule has 6 aromatic heterocycles. The van der Waals surface area contributed by atoms with Gasteiger partial charge in [0.1, 0.15) is 16.9 Å². The second kappa shape index (κ2) is 9.75. The number of H-pyrrole nitrogens is 2. The fourth-order valence-corrected chi connectivity index (χ4v) is 4.74. The minimum Gasteiger partial charge on any atom is -0.324 e. The molecule has 0 bridgehead atoms. The number of fused-ring (bicyclic) bond motifs is 2. The second-order valence-corrected chi connectivity index (χ2v) is 9.49. The van der Waals surface area contributed by atoms with Gasteiger partial charge in [-0.3, -0.25) is 19.9 Å². The average molecular weight is 545 g/mol. The van der Waals surface area contributed by atoms with Crippen molar-refractivity contribution in [1.82, 2.24) is 44.7 Å². The molecule has 41 heavy (non-hydrogen) atoms. The lowest BCUT2D eigenvalue weighted by molar-refractivity contribution is -0.115. The van der Waals surface area contributed by atoms with E-state index in [0.29, 0.717) is 33.8 Å². The van der Waals surface area contributed by atoms with Crippen LogP contribution in [0.25, 0.3) is 50.5 Å². The topological polar surface area (TPSA) is 143 Å². The van der Waals surface area contributed by atoms with Crippen LogP contribution in [0.2, 0.25) is 0 Å². The molecule has 0 fully saturated rings. The number of amides is 1. The summed E-state index contributed by atoms with van der Waals surface area (Å²) in [5.41, 5.74) is 5.22. The predicted molar refractivity (Wildman–Crippen MR) is 151 cm³/mol. The third-order valence-electron chi connectivity index (χ3n) is 6.62. The molecule has 12 heteroatoms. The zero-order valence-corrected chi connectivity index (χ0v) is 21.6. The number of halogens is 1. The summed E-state index contributed by atoms with van der Waals surface area (Å²) in [6.07, 6.45) is 9.96. The van der Waals surface area contributed by atoms with Crippen molar-refractivity contribution >= 4 is 33.7 Å². The van der Waals surface area contributed by atoms with Crippen LogP contribution >= 0.6 is 0 Å². The van der Waals surface area contributed by atoms with Gasteiger partial charge in [-0.15, -0.1) is 0 Å². The number of nitrogens with zero attached hydrogens (tertiary/aromatic N) is 7. The Hall–Kier alpha value is -5.78. The first-order valence-corrected chi connectivity index (χ1v) is 12.7. The highest BCUT2D eigenvalue weighted by atomic mass is 19.1. The fourth-order valence-electron chi connectivity index (χ4n) is 4.74. The zero-order valence-electron chi connectivity index (χ0n) is 21.6. The van der Waals surface area contributed by atoms with Crippen molar-refractivity contribution in [3.8, 4) is 28.5 Å². The largest absolute Gasteiger partial charge is 0.324 e. The van der Waals surface area contributed by atoms with Crippen molar-refractivity contribution in [3.63, 3.8) is 0 Å². The maximum Gasteiger partial charge on any atom is 0.228 e. The molecule has 11 nitrogen and oxygen atoms in total. The molecule has 0 aliphatic carbocycles. The molecule has 0 unspecified atom stereocenters. The Kier molecular flexibility index (Phi) is 5.78. The summed E-state index contributed by atoms with van der Waals surface area (Å²) in [5.74, 6) is -0.460. The number of pyridine rings is 3. The van der Waals surface area contributed by atoms with Crippen LogP contribution in [0.4, 0.5) is 10.1 Å². The lowest BCUT2D eigenvalue weighted by atomic mass is 10.1. The highest BCUT2D eigenvalue weighted by Crippen LogP contribution is 2.33. The normalized spacial score (nSPS) is 11.4. The maximum atomic E-state index is 16.1. The number of hydrogen-bond donors (Lipinski definition) is 3. The van der Waals surface area contributed by atoms with E-state index in [2.05, 4.69) is 40.4 Å².